The number of hydrogen-bond acceptors (Lipinski definition) is 0. The van der Waals surface area contributed by atoms with Crippen molar-refractivity contribution in [1.82, 2.24) is 0 Å². The summed E-state index contributed by atoms with van der Waals surface area (Å²) in [5.74, 6) is 22.9. The highest BCUT2D eigenvalue weighted by molar-refractivity contribution is 5.44. The van der Waals surface area contributed by atoms with Crippen LogP contribution < -0.4 is 0 Å². The van der Waals surface area contributed by atoms with Crippen LogP contribution in [0.15, 0.2) is 23.3 Å². The van der Waals surface area contributed by atoms with E-state index in [0.29, 0.717) is 0 Å². The van der Waals surface area contributed by atoms with Crippen molar-refractivity contribution in [2.75, 3.05) is 0 Å². The quantitative estimate of drug-likeness (QED) is 0.576. The van der Waals surface area contributed by atoms with Crippen molar-refractivity contribution in [3.8, 4) is 47.4 Å². The Morgan fingerprint density at radius 2 is 1.00 bits per heavy atom. The molecule has 0 fully saturated rings. The van der Waals surface area contributed by atoms with E-state index in [1.807, 2.05) is 0 Å². The molecule has 0 saturated heterocycles. The summed E-state index contributed by atoms with van der Waals surface area (Å²) in [5, 5.41) is 0. The van der Waals surface area contributed by atoms with Gasteiger partial charge in [0.05, 0.1) is 0 Å². The molecule has 0 heterocycles. The molecule has 0 aromatic rings. The van der Waals surface area contributed by atoms with E-state index < -0.39 is 0 Å². The van der Waals surface area contributed by atoms with Crippen LogP contribution in [0.4, 0.5) is 0 Å². The van der Waals surface area contributed by atoms with Gasteiger partial charge in [0.1, 0.15) is 0 Å². The van der Waals surface area contributed by atoms with Gasteiger partial charge in [-0.1, -0.05) is 24.0 Å². The molecule has 0 aromatic heterocycles. The zero-order chi connectivity index (χ0) is 13.9. The summed E-state index contributed by atoms with van der Waals surface area (Å²) in [6, 6.07) is 0. The molecule has 0 aliphatic heterocycles. The van der Waals surface area contributed by atoms with Gasteiger partial charge in [0.2, 0.25) is 0 Å². The highest BCUT2D eigenvalue weighted by atomic mass is 14.0. The van der Waals surface area contributed by atoms with Gasteiger partial charge in [-0.15, -0.1) is 0 Å². The van der Waals surface area contributed by atoms with Gasteiger partial charge in [0.15, 0.2) is 0 Å². The molecule has 0 aromatic carbocycles. The Bertz CT molecular complexity index is 580. The van der Waals surface area contributed by atoms with Gasteiger partial charge >= 0.3 is 0 Å². The standard InChI is InChI=1S/C20H18/c1(3-7-13-19-15-9-5-10-16-19)2-4-8-14-20-17-11-6-12-18-20/h15,17H,5-6,9-12,16,18H2. The second-order valence-electron chi connectivity index (χ2n) is 4.95. The van der Waals surface area contributed by atoms with E-state index in [9.17, 15) is 0 Å². The van der Waals surface area contributed by atoms with E-state index in [1.54, 1.807) is 0 Å². The summed E-state index contributed by atoms with van der Waals surface area (Å²) in [7, 11) is 0. The van der Waals surface area contributed by atoms with Crippen LogP contribution in [0, 0.1) is 47.4 Å². The van der Waals surface area contributed by atoms with Crippen molar-refractivity contribution in [3.05, 3.63) is 23.3 Å². The van der Waals surface area contributed by atoms with E-state index in [0.717, 1.165) is 25.7 Å². The van der Waals surface area contributed by atoms with Crippen LogP contribution in [0.2, 0.25) is 0 Å². The summed E-state index contributed by atoms with van der Waals surface area (Å²) < 4.78 is 0. The summed E-state index contributed by atoms with van der Waals surface area (Å²) in [5.41, 5.74) is 2.45. The van der Waals surface area contributed by atoms with E-state index in [2.05, 4.69) is 59.5 Å². The van der Waals surface area contributed by atoms with Crippen molar-refractivity contribution in [2.24, 2.45) is 0 Å². The fourth-order valence-electron chi connectivity index (χ4n) is 2.25. The van der Waals surface area contributed by atoms with Crippen molar-refractivity contribution in [1.29, 1.82) is 0 Å². The van der Waals surface area contributed by atoms with Crippen LogP contribution in [-0.4, -0.2) is 0 Å². The molecule has 0 amide bonds. The van der Waals surface area contributed by atoms with E-state index in [-0.39, 0.29) is 0 Å². The molecule has 0 unspecified atom stereocenters. The Balaban J connectivity index is 1.82. The van der Waals surface area contributed by atoms with E-state index >= 15 is 0 Å². The Kier molecular flexibility index (Phi) is 6.19. The average molecular weight is 258 g/mol. The van der Waals surface area contributed by atoms with Gasteiger partial charge in [0.25, 0.3) is 0 Å². The van der Waals surface area contributed by atoms with Crippen LogP contribution in [0.25, 0.3) is 0 Å². The van der Waals surface area contributed by atoms with Crippen LogP contribution >= 0.6 is 0 Å². The normalized spacial score (nSPS) is 16.4. The Labute approximate surface area is 122 Å². The molecular formula is C20H18. The van der Waals surface area contributed by atoms with Crippen molar-refractivity contribution < 1.29 is 0 Å². The first-order valence-electron chi connectivity index (χ1n) is 7.35. The minimum Gasteiger partial charge on any atom is -0.0729 e. The first kappa shape index (κ1) is 14.1. The second-order valence-corrected chi connectivity index (χ2v) is 4.95. The van der Waals surface area contributed by atoms with E-state index in [4.69, 9.17) is 0 Å². The SMILES string of the molecule is C(C#CC#CC1=CCCCC1)#CC#CC1=CCCCC1. The lowest BCUT2D eigenvalue weighted by Crippen LogP contribution is -1.88. The van der Waals surface area contributed by atoms with Crippen LogP contribution in [-0.2, 0) is 0 Å². The molecule has 0 saturated carbocycles. The largest absolute Gasteiger partial charge is 0.0729 e. The smallest absolute Gasteiger partial charge is 0.0000223 e. The van der Waals surface area contributed by atoms with Gasteiger partial charge in [-0.2, -0.15) is 0 Å². The zero-order valence-corrected chi connectivity index (χ0v) is 11.8. The fourth-order valence-corrected chi connectivity index (χ4v) is 2.25. The topological polar surface area (TPSA) is 0 Å². The molecule has 0 spiro atoms. The number of hydrogen-bond donors (Lipinski definition) is 0. The molecule has 0 atom stereocenters. The van der Waals surface area contributed by atoms with Crippen LogP contribution in [0.5, 0.6) is 0 Å². The molecule has 0 radical (unpaired) electrons. The lowest BCUT2D eigenvalue weighted by atomic mass is 10.0. The molecule has 98 valence electrons. The third-order valence-corrected chi connectivity index (χ3v) is 3.34. The van der Waals surface area contributed by atoms with Gasteiger partial charge in [-0.25, -0.2) is 0 Å². The van der Waals surface area contributed by atoms with Crippen LogP contribution in [0.1, 0.15) is 51.4 Å². The first-order valence-corrected chi connectivity index (χ1v) is 7.35. The molecule has 0 nitrogen and oxygen atoms in total. The van der Waals surface area contributed by atoms with Crippen molar-refractivity contribution in [2.45, 2.75) is 51.4 Å². The predicted octanol–water partition coefficient (Wildman–Crippen LogP) is 4.00. The van der Waals surface area contributed by atoms with Crippen molar-refractivity contribution in [3.63, 3.8) is 0 Å². The molecule has 0 N–H and O–H groups in total. The first-order chi connectivity index (χ1) is 9.95. The Hall–Kier alpha value is -2.28. The highest BCUT2D eigenvalue weighted by Crippen LogP contribution is 2.16. The number of allylic oxidation sites excluding steroid dienone is 4. The molecule has 2 rings (SSSR count). The maximum atomic E-state index is 3.09. The third-order valence-electron chi connectivity index (χ3n) is 3.34. The lowest BCUT2D eigenvalue weighted by Gasteiger charge is -2.04. The maximum Gasteiger partial charge on any atom is -0.0000223 e. The van der Waals surface area contributed by atoms with E-state index in [1.165, 1.54) is 36.8 Å². The molecule has 0 heteroatoms. The Morgan fingerprint density at radius 1 is 0.550 bits per heavy atom. The molecule has 20 heavy (non-hydrogen) atoms. The minimum absolute atomic E-state index is 1.10. The summed E-state index contributed by atoms with van der Waals surface area (Å²) in [4.78, 5) is 0. The highest BCUT2D eigenvalue weighted by Gasteiger charge is 1.99. The number of rotatable bonds is 0. The molecule has 2 aliphatic carbocycles. The monoisotopic (exact) mass is 258 g/mol. The fraction of sp³-hybridized carbons (Fsp3) is 0.400. The molecule has 2 aliphatic rings. The van der Waals surface area contributed by atoms with Gasteiger partial charge in [-0.05, 0) is 98.0 Å². The average Bonchev–Trinajstić information content (AvgIpc) is 2.52. The molecular weight excluding hydrogens is 240 g/mol. The summed E-state index contributed by atoms with van der Waals surface area (Å²) >= 11 is 0. The Morgan fingerprint density at radius 3 is 1.40 bits per heavy atom. The maximum absolute atomic E-state index is 3.09. The molecule has 0 bridgehead atoms. The second kappa shape index (κ2) is 8.76. The minimum atomic E-state index is 1.10. The van der Waals surface area contributed by atoms with Gasteiger partial charge < -0.3 is 0 Å². The zero-order valence-electron chi connectivity index (χ0n) is 11.8. The predicted molar refractivity (Wildman–Crippen MR) is 84.2 cm³/mol. The van der Waals surface area contributed by atoms with Crippen LogP contribution in [0.3, 0.4) is 0 Å². The third kappa shape index (κ3) is 5.57. The van der Waals surface area contributed by atoms with Gasteiger partial charge in [-0.3, -0.25) is 0 Å². The lowest BCUT2D eigenvalue weighted by molar-refractivity contribution is 0.715. The summed E-state index contributed by atoms with van der Waals surface area (Å²) in [6.45, 7) is 0. The van der Waals surface area contributed by atoms with Gasteiger partial charge in [0, 0.05) is 0 Å². The van der Waals surface area contributed by atoms with Crippen molar-refractivity contribution >= 4 is 0 Å². The summed E-state index contributed by atoms with van der Waals surface area (Å²) in [6.07, 6.45) is 14.0.